The van der Waals surface area contributed by atoms with Crippen LogP contribution in [0.3, 0.4) is 0 Å². The number of halogens is 2. The summed E-state index contributed by atoms with van der Waals surface area (Å²) in [7, 11) is 0. The molecule has 0 aromatic heterocycles. The van der Waals surface area contributed by atoms with Crippen molar-refractivity contribution in [3.63, 3.8) is 0 Å². The van der Waals surface area contributed by atoms with Gasteiger partial charge in [-0.2, -0.15) is 0 Å². The Kier molecular flexibility index (Phi) is 6.82. The minimum atomic E-state index is -0.134. The van der Waals surface area contributed by atoms with E-state index in [1.807, 2.05) is 13.0 Å². The molecule has 0 bridgehead atoms. The lowest BCUT2D eigenvalue weighted by Crippen LogP contribution is -2.33. The van der Waals surface area contributed by atoms with Gasteiger partial charge in [0.05, 0.1) is 10.0 Å². The molecule has 0 saturated heterocycles. The molecule has 0 atom stereocenters. The molecule has 1 rings (SSSR count). The second-order valence-corrected chi connectivity index (χ2v) is 5.20. The van der Waals surface area contributed by atoms with E-state index >= 15 is 0 Å². The van der Waals surface area contributed by atoms with E-state index in [1.54, 1.807) is 17.0 Å². The van der Waals surface area contributed by atoms with E-state index < -0.39 is 0 Å². The van der Waals surface area contributed by atoms with Crippen molar-refractivity contribution in [1.29, 1.82) is 0 Å². The van der Waals surface area contributed by atoms with Crippen LogP contribution in [0.4, 0.5) is 0 Å². The molecule has 20 heavy (non-hydrogen) atoms. The fourth-order valence-corrected chi connectivity index (χ4v) is 2.06. The highest BCUT2D eigenvalue weighted by Crippen LogP contribution is 2.23. The van der Waals surface area contributed by atoms with Crippen LogP contribution in [0.1, 0.15) is 25.8 Å². The Morgan fingerprint density at radius 3 is 2.50 bits per heavy atom. The van der Waals surface area contributed by atoms with Gasteiger partial charge in [-0.1, -0.05) is 29.3 Å². The van der Waals surface area contributed by atoms with Crippen molar-refractivity contribution in [2.24, 2.45) is 0 Å². The van der Waals surface area contributed by atoms with E-state index in [0.29, 0.717) is 29.7 Å². The van der Waals surface area contributed by atoms with Crippen molar-refractivity contribution in [2.75, 3.05) is 13.1 Å². The second kappa shape index (κ2) is 8.12. The summed E-state index contributed by atoms with van der Waals surface area (Å²) in [6, 6.07) is 5.32. The quantitative estimate of drug-likeness (QED) is 0.877. The highest BCUT2D eigenvalue weighted by atomic mass is 35.5. The Bertz CT molecular complexity index is 492. The van der Waals surface area contributed by atoms with Gasteiger partial charge in [0, 0.05) is 33.0 Å². The third-order valence-corrected chi connectivity index (χ3v) is 3.54. The lowest BCUT2D eigenvalue weighted by Gasteiger charge is -2.21. The van der Waals surface area contributed by atoms with E-state index in [9.17, 15) is 9.59 Å². The Balaban J connectivity index is 2.59. The number of benzene rings is 1. The molecule has 4 nitrogen and oxygen atoms in total. The number of rotatable bonds is 6. The fraction of sp³-hybridized carbons (Fsp3) is 0.429. The summed E-state index contributed by atoms with van der Waals surface area (Å²) >= 11 is 11.8. The lowest BCUT2D eigenvalue weighted by molar-refractivity contribution is -0.131. The van der Waals surface area contributed by atoms with Gasteiger partial charge in [-0.15, -0.1) is 0 Å². The van der Waals surface area contributed by atoms with E-state index in [0.717, 1.165) is 5.56 Å². The van der Waals surface area contributed by atoms with Crippen LogP contribution >= 0.6 is 23.2 Å². The van der Waals surface area contributed by atoms with Crippen LogP contribution in [0.2, 0.25) is 10.0 Å². The number of nitrogens with zero attached hydrogens (tertiary/aromatic N) is 1. The van der Waals surface area contributed by atoms with Gasteiger partial charge in [-0.3, -0.25) is 9.59 Å². The number of nitrogens with one attached hydrogen (secondary N) is 1. The van der Waals surface area contributed by atoms with Crippen LogP contribution in [0.5, 0.6) is 0 Å². The average Bonchev–Trinajstić information content (AvgIpc) is 2.39. The van der Waals surface area contributed by atoms with Crippen LogP contribution < -0.4 is 5.32 Å². The number of carbonyl (C=O) groups is 2. The topological polar surface area (TPSA) is 49.4 Å². The number of amides is 2. The summed E-state index contributed by atoms with van der Waals surface area (Å²) in [4.78, 5) is 24.5. The van der Waals surface area contributed by atoms with Crippen molar-refractivity contribution in [3.8, 4) is 0 Å². The van der Waals surface area contributed by atoms with Crippen LogP contribution in [-0.2, 0) is 16.1 Å². The molecule has 0 aliphatic carbocycles. The maximum Gasteiger partial charge on any atom is 0.224 e. The van der Waals surface area contributed by atoms with Gasteiger partial charge in [0.15, 0.2) is 0 Å². The van der Waals surface area contributed by atoms with Crippen molar-refractivity contribution < 1.29 is 9.59 Å². The van der Waals surface area contributed by atoms with Gasteiger partial charge in [0.25, 0.3) is 0 Å². The summed E-state index contributed by atoms with van der Waals surface area (Å²) in [6.07, 6.45) is 0.286. The number of hydrogen-bond donors (Lipinski definition) is 1. The Hall–Kier alpha value is -1.26. The Morgan fingerprint density at radius 2 is 1.95 bits per heavy atom. The molecule has 1 aromatic carbocycles. The minimum absolute atomic E-state index is 0.00711. The van der Waals surface area contributed by atoms with E-state index in [2.05, 4.69) is 5.32 Å². The van der Waals surface area contributed by atoms with Gasteiger partial charge in [-0.05, 0) is 24.6 Å². The Labute approximate surface area is 129 Å². The first-order valence-electron chi connectivity index (χ1n) is 6.40. The standard InChI is InChI=1S/C14H18Cl2N2O2/c1-3-18(14(20)6-7-17-10(2)19)9-11-4-5-12(15)13(16)8-11/h4-5,8H,3,6-7,9H2,1-2H3,(H,17,19). The molecular weight excluding hydrogens is 299 g/mol. The zero-order chi connectivity index (χ0) is 15.1. The molecule has 1 N–H and O–H groups in total. The van der Waals surface area contributed by atoms with Crippen molar-refractivity contribution in [2.45, 2.75) is 26.8 Å². The summed E-state index contributed by atoms with van der Waals surface area (Å²) < 4.78 is 0. The molecule has 0 heterocycles. The normalized spacial score (nSPS) is 10.2. The molecule has 110 valence electrons. The zero-order valence-corrected chi connectivity index (χ0v) is 13.1. The lowest BCUT2D eigenvalue weighted by atomic mass is 10.2. The summed E-state index contributed by atoms with van der Waals surface area (Å²) in [6.45, 7) is 4.77. The second-order valence-electron chi connectivity index (χ2n) is 4.39. The van der Waals surface area contributed by atoms with Crippen LogP contribution in [-0.4, -0.2) is 29.8 Å². The van der Waals surface area contributed by atoms with Crippen molar-refractivity contribution in [1.82, 2.24) is 10.2 Å². The van der Waals surface area contributed by atoms with E-state index in [1.165, 1.54) is 6.92 Å². The summed E-state index contributed by atoms with van der Waals surface area (Å²) in [5.74, 6) is -0.141. The van der Waals surface area contributed by atoms with Gasteiger partial charge >= 0.3 is 0 Å². The van der Waals surface area contributed by atoms with Crippen LogP contribution in [0.15, 0.2) is 18.2 Å². The maximum atomic E-state index is 12.0. The first-order valence-corrected chi connectivity index (χ1v) is 7.15. The molecule has 0 saturated carbocycles. The van der Waals surface area contributed by atoms with Crippen LogP contribution in [0, 0.1) is 0 Å². The average molecular weight is 317 g/mol. The Morgan fingerprint density at radius 1 is 1.25 bits per heavy atom. The van der Waals surface area contributed by atoms with E-state index in [-0.39, 0.29) is 18.2 Å². The van der Waals surface area contributed by atoms with Crippen molar-refractivity contribution >= 4 is 35.0 Å². The first-order chi connectivity index (χ1) is 9.43. The molecule has 1 aromatic rings. The van der Waals surface area contributed by atoms with Crippen molar-refractivity contribution in [3.05, 3.63) is 33.8 Å². The first kappa shape index (κ1) is 16.8. The molecule has 2 amide bonds. The summed E-state index contributed by atoms with van der Waals surface area (Å²) in [5, 5.41) is 3.58. The molecule has 0 spiro atoms. The molecule has 6 heteroatoms. The third-order valence-electron chi connectivity index (χ3n) is 2.80. The molecular formula is C14H18Cl2N2O2. The molecule has 0 fully saturated rings. The largest absolute Gasteiger partial charge is 0.356 e. The van der Waals surface area contributed by atoms with Gasteiger partial charge < -0.3 is 10.2 Å². The van der Waals surface area contributed by atoms with Gasteiger partial charge in [0.1, 0.15) is 0 Å². The highest BCUT2D eigenvalue weighted by molar-refractivity contribution is 6.42. The van der Waals surface area contributed by atoms with Gasteiger partial charge in [0.2, 0.25) is 11.8 Å². The molecule has 0 aliphatic rings. The van der Waals surface area contributed by atoms with Gasteiger partial charge in [-0.25, -0.2) is 0 Å². The maximum absolute atomic E-state index is 12.0. The molecule has 0 radical (unpaired) electrons. The summed E-state index contributed by atoms with van der Waals surface area (Å²) in [5.41, 5.74) is 0.925. The van der Waals surface area contributed by atoms with Crippen LogP contribution in [0.25, 0.3) is 0 Å². The highest BCUT2D eigenvalue weighted by Gasteiger charge is 2.12. The fourth-order valence-electron chi connectivity index (χ4n) is 1.74. The van der Waals surface area contributed by atoms with E-state index in [4.69, 9.17) is 23.2 Å². The SMILES string of the molecule is CCN(Cc1ccc(Cl)c(Cl)c1)C(=O)CCNC(C)=O. The predicted molar refractivity (Wildman–Crippen MR) is 80.9 cm³/mol. The minimum Gasteiger partial charge on any atom is -0.356 e. The monoisotopic (exact) mass is 316 g/mol. The third kappa shape index (κ3) is 5.39. The predicted octanol–water partition coefficient (Wildman–Crippen LogP) is 2.87. The number of hydrogen-bond acceptors (Lipinski definition) is 2. The zero-order valence-electron chi connectivity index (χ0n) is 11.6. The number of carbonyl (C=O) groups excluding carboxylic acids is 2. The molecule has 0 aliphatic heterocycles. The molecule has 0 unspecified atom stereocenters. The smallest absolute Gasteiger partial charge is 0.224 e.